The van der Waals surface area contributed by atoms with Gasteiger partial charge in [-0.25, -0.2) is 0 Å². The topological polar surface area (TPSA) is 92.4 Å². The maximum atomic E-state index is 11.7. The molecule has 17 heavy (non-hydrogen) atoms. The van der Waals surface area contributed by atoms with Gasteiger partial charge in [-0.15, -0.1) is 0 Å². The predicted molar refractivity (Wildman–Crippen MR) is 57.7 cm³/mol. The van der Waals surface area contributed by atoms with Crippen LogP contribution in [0.2, 0.25) is 0 Å². The Morgan fingerprint density at radius 2 is 2.12 bits per heavy atom. The minimum absolute atomic E-state index is 0.0915. The van der Waals surface area contributed by atoms with E-state index in [9.17, 15) is 9.59 Å². The zero-order valence-electron chi connectivity index (χ0n) is 9.36. The second-order valence-corrected chi connectivity index (χ2v) is 4.04. The molecule has 6 heteroatoms. The van der Waals surface area contributed by atoms with Crippen molar-refractivity contribution in [3.8, 4) is 0 Å². The van der Waals surface area contributed by atoms with Crippen LogP contribution in [-0.2, 0) is 17.6 Å². The lowest BCUT2D eigenvalue weighted by molar-refractivity contribution is -0.136. The van der Waals surface area contributed by atoms with Gasteiger partial charge in [0.15, 0.2) is 5.69 Å². The standard InChI is InChI=1S/C11H14N2O4/c14-9(15)5-6-12-11(16)10-7-3-1-2-4-8(7)17-13-10/h1-6H2,(H,12,16)(H,14,15). The Labute approximate surface area is 98.0 Å². The summed E-state index contributed by atoms with van der Waals surface area (Å²) in [5, 5.41) is 14.7. The zero-order chi connectivity index (χ0) is 12.3. The van der Waals surface area contributed by atoms with Crippen molar-refractivity contribution in [3.05, 3.63) is 17.0 Å². The number of carbonyl (C=O) groups excluding carboxylic acids is 1. The van der Waals surface area contributed by atoms with Gasteiger partial charge in [0.2, 0.25) is 0 Å². The minimum atomic E-state index is -0.938. The van der Waals surface area contributed by atoms with Gasteiger partial charge in [0.1, 0.15) is 5.76 Å². The molecule has 1 heterocycles. The molecule has 92 valence electrons. The average molecular weight is 238 g/mol. The smallest absolute Gasteiger partial charge is 0.305 e. The number of nitrogens with zero attached hydrogens (tertiary/aromatic N) is 1. The molecule has 1 amide bonds. The number of carboxylic acids is 1. The molecule has 0 spiro atoms. The summed E-state index contributed by atoms with van der Waals surface area (Å²) in [6, 6.07) is 0. The molecule has 1 aromatic heterocycles. The number of fused-ring (bicyclic) bond motifs is 1. The van der Waals surface area contributed by atoms with Crippen LogP contribution in [0.15, 0.2) is 4.52 Å². The highest BCUT2D eigenvalue weighted by atomic mass is 16.5. The summed E-state index contributed by atoms with van der Waals surface area (Å²) in [5.74, 6) is -0.495. The lowest BCUT2D eigenvalue weighted by Gasteiger charge is -2.08. The molecule has 6 nitrogen and oxygen atoms in total. The molecule has 0 atom stereocenters. The average Bonchev–Trinajstić information content (AvgIpc) is 2.72. The van der Waals surface area contributed by atoms with E-state index < -0.39 is 5.97 Å². The number of aliphatic carboxylic acids is 1. The molecule has 0 saturated carbocycles. The quantitative estimate of drug-likeness (QED) is 0.807. The Balaban J connectivity index is 1.99. The van der Waals surface area contributed by atoms with E-state index in [0.29, 0.717) is 5.69 Å². The van der Waals surface area contributed by atoms with Crippen molar-refractivity contribution in [2.45, 2.75) is 32.1 Å². The Bertz CT molecular complexity index is 439. The maximum absolute atomic E-state index is 11.7. The number of carbonyl (C=O) groups is 2. The maximum Gasteiger partial charge on any atom is 0.305 e. The van der Waals surface area contributed by atoms with Crippen LogP contribution >= 0.6 is 0 Å². The Morgan fingerprint density at radius 3 is 2.88 bits per heavy atom. The second-order valence-electron chi connectivity index (χ2n) is 4.04. The van der Waals surface area contributed by atoms with Gasteiger partial charge >= 0.3 is 5.97 Å². The van der Waals surface area contributed by atoms with Crippen molar-refractivity contribution < 1.29 is 19.2 Å². The summed E-state index contributed by atoms with van der Waals surface area (Å²) in [6.45, 7) is 0.107. The van der Waals surface area contributed by atoms with Gasteiger partial charge in [-0.3, -0.25) is 9.59 Å². The van der Waals surface area contributed by atoms with Gasteiger partial charge in [-0.1, -0.05) is 5.16 Å². The molecule has 2 rings (SSSR count). The van der Waals surface area contributed by atoms with E-state index in [-0.39, 0.29) is 18.9 Å². The number of aromatic nitrogens is 1. The Hall–Kier alpha value is -1.85. The van der Waals surface area contributed by atoms with Crippen LogP contribution < -0.4 is 5.32 Å². The number of nitrogens with one attached hydrogen (secondary N) is 1. The molecule has 0 bridgehead atoms. The number of carboxylic acid groups (broad SMARTS) is 1. The minimum Gasteiger partial charge on any atom is -0.481 e. The first-order valence-corrected chi connectivity index (χ1v) is 5.66. The molecule has 0 aliphatic heterocycles. The van der Waals surface area contributed by atoms with E-state index in [2.05, 4.69) is 10.5 Å². The lowest BCUT2D eigenvalue weighted by Crippen LogP contribution is -2.27. The first-order chi connectivity index (χ1) is 8.18. The van der Waals surface area contributed by atoms with E-state index in [1.807, 2.05) is 0 Å². The molecule has 1 aliphatic carbocycles. The van der Waals surface area contributed by atoms with Crippen LogP contribution in [-0.4, -0.2) is 28.7 Å². The van der Waals surface area contributed by atoms with Gasteiger partial charge in [-0.2, -0.15) is 0 Å². The highest BCUT2D eigenvalue weighted by Crippen LogP contribution is 2.23. The first kappa shape index (κ1) is 11.6. The third-order valence-corrected chi connectivity index (χ3v) is 2.79. The summed E-state index contributed by atoms with van der Waals surface area (Å²) in [4.78, 5) is 22.0. The molecular formula is C11H14N2O4. The van der Waals surface area contributed by atoms with Gasteiger partial charge in [0, 0.05) is 18.5 Å². The van der Waals surface area contributed by atoms with Gasteiger partial charge < -0.3 is 14.9 Å². The van der Waals surface area contributed by atoms with Crippen LogP contribution in [0.3, 0.4) is 0 Å². The fourth-order valence-electron chi connectivity index (χ4n) is 1.93. The molecule has 0 fully saturated rings. The number of amides is 1. The van der Waals surface area contributed by atoms with Gasteiger partial charge in [-0.05, 0) is 19.3 Å². The van der Waals surface area contributed by atoms with E-state index in [1.165, 1.54) is 0 Å². The highest BCUT2D eigenvalue weighted by Gasteiger charge is 2.23. The molecule has 1 aromatic rings. The Kier molecular flexibility index (Phi) is 3.41. The SMILES string of the molecule is O=C(O)CCNC(=O)c1noc2c1CCCC2. The summed E-state index contributed by atoms with van der Waals surface area (Å²) in [5.41, 5.74) is 1.19. The molecule has 1 aliphatic rings. The van der Waals surface area contributed by atoms with Gasteiger partial charge in [0.25, 0.3) is 5.91 Å². The van der Waals surface area contributed by atoms with E-state index in [0.717, 1.165) is 37.0 Å². The van der Waals surface area contributed by atoms with Crippen molar-refractivity contribution in [2.75, 3.05) is 6.54 Å². The summed E-state index contributed by atoms with van der Waals surface area (Å²) < 4.78 is 5.11. The van der Waals surface area contributed by atoms with Gasteiger partial charge in [0.05, 0.1) is 6.42 Å². The molecule has 0 saturated heterocycles. The van der Waals surface area contributed by atoms with Crippen LogP contribution in [0.5, 0.6) is 0 Å². The predicted octanol–water partition coefficient (Wildman–Crippen LogP) is 0.758. The van der Waals surface area contributed by atoms with Crippen molar-refractivity contribution in [2.24, 2.45) is 0 Å². The lowest BCUT2D eigenvalue weighted by atomic mass is 9.96. The van der Waals surface area contributed by atoms with Crippen molar-refractivity contribution in [3.63, 3.8) is 0 Å². The molecule has 0 radical (unpaired) electrons. The van der Waals surface area contributed by atoms with Crippen molar-refractivity contribution in [1.29, 1.82) is 0 Å². The van der Waals surface area contributed by atoms with E-state index in [4.69, 9.17) is 9.63 Å². The molecule has 0 aromatic carbocycles. The fraction of sp³-hybridized carbons (Fsp3) is 0.545. The summed E-state index contributed by atoms with van der Waals surface area (Å²) in [6.07, 6.45) is 3.63. The molecule has 0 unspecified atom stereocenters. The largest absolute Gasteiger partial charge is 0.481 e. The Morgan fingerprint density at radius 1 is 1.35 bits per heavy atom. The van der Waals surface area contributed by atoms with Crippen LogP contribution in [0.4, 0.5) is 0 Å². The van der Waals surface area contributed by atoms with Crippen LogP contribution in [0.25, 0.3) is 0 Å². The monoisotopic (exact) mass is 238 g/mol. The normalized spacial score (nSPS) is 14.1. The number of hydrogen-bond acceptors (Lipinski definition) is 4. The number of hydrogen-bond donors (Lipinski definition) is 2. The number of rotatable bonds is 4. The first-order valence-electron chi connectivity index (χ1n) is 5.66. The van der Waals surface area contributed by atoms with Crippen molar-refractivity contribution >= 4 is 11.9 Å². The second kappa shape index (κ2) is 4.99. The van der Waals surface area contributed by atoms with Crippen LogP contribution in [0, 0.1) is 0 Å². The summed E-state index contributed by atoms with van der Waals surface area (Å²) in [7, 11) is 0. The molecule has 2 N–H and O–H groups in total. The molecular weight excluding hydrogens is 224 g/mol. The fourth-order valence-corrected chi connectivity index (χ4v) is 1.93. The zero-order valence-corrected chi connectivity index (χ0v) is 9.36. The van der Waals surface area contributed by atoms with E-state index in [1.54, 1.807) is 0 Å². The third-order valence-electron chi connectivity index (χ3n) is 2.79. The van der Waals surface area contributed by atoms with Crippen LogP contribution in [0.1, 0.15) is 41.1 Å². The van der Waals surface area contributed by atoms with E-state index >= 15 is 0 Å². The third kappa shape index (κ3) is 2.64. The van der Waals surface area contributed by atoms with Crippen molar-refractivity contribution in [1.82, 2.24) is 10.5 Å². The summed E-state index contributed by atoms with van der Waals surface area (Å²) >= 11 is 0. The number of aryl methyl sites for hydroxylation is 1. The highest BCUT2D eigenvalue weighted by molar-refractivity contribution is 5.94.